The summed E-state index contributed by atoms with van der Waals surface area (Å²) < 4.78 is 0. The van der Waals surface area contributed by atoms with Crippen molar-refractivity contribution in [3.63, 3.8) is 0 Å². The Morgan fingerprint density at radius 1 is 0.955 bits per heavy atom. The number of hydrogen-bond acceptors (Lipinski definition) is 4. The van der Waals surface area contributed by atoms with Crippen LogP contribution in [0.4, 0.5) is 5.69 Å². The minimum absolute atomic E-state index is 0.0642. The highest BCUT2D eigenvalue weighted by molar-refractivity contribution is 6.30. The summed E-state index contributed by atoms with van der Waals surface area (Å²) in [6.45, 7) is 0. The minimum atomic E-state index is -0.0642. The van der Waals surface area contributed by atoms with E-state index in [2.05, 4.69) is 11.4 Å². The average molecular weight is 305 g/mol. The van der Waals surface area contributed by atoms with Crippen molar-refractivity contribution >= 4 is 17.3 Å². The number of nitriles is 3. The monoisotopic (exact) mass is 304 g/mol. The summed E-state index contributed by atoms with van der Waals surface area (Å²) in [5.41, 5.74) is 2.70. The number of nitrogens with zero attached hydrogens (tertiary/aromatic N) is 3. The van der Waals surface area contributed by atoms with E-state index in [0.717, 1.165) is 11.1 Å². The Labute approximate surface area is 133 Å². The molecule has 104 valence electrons. The number of anilines is 1. The maximum atomic E-state index is 9.25. The molecule has 1 N–H and O–H groups in total. The minimum Gasteiger partial charge on any atom is -0.359 e. The molecule has 0 amide bonds. The van der Waals surface area contributed by atoms with Crippen LogP contribution >= 0.6 is 11.6 Å². The zero-order valence-corrected chi connectivity index (χ0v) is 12.1. The number of halogens is 1. The highest BCUT2D eigenvalue weighted by atomic mass is 35.5. The Bertz CT molecular complexity index is 830. The Balaban J connectivity index is 2.35. The molecule has 2 aromatic carbocycles. The lowest BCUT2D eigenvalue weighted by Crippen LogP contribution is -1.94. The van der Waals surface area contributed by atoms with E-state index < -0.39 is 0 Å². The molecule has 0 aliphatic heterocycles. The van der Waals surface area contributed by atoms with Gasteiger partial charge >= 0.3 is 0 Å². The zero-order chi connectivity index (χ0) is 15.9. The van der Waals surface area contributed by atoms with E-state index in [0.29, 0.717) is 16.3 Å². The number of benzene rings is 2. The number of allylic oxidation sites excluding steroid dienone is 1. The van der Waals surface area contributed by atoms with Crippen molar-refractivity contribution in [2.45, 2.75) is 0 Å². The zero-order valence-electron chi connectivity index (χ0n) is 11.3. The smallest absolute Gasteiger partial charge is 0.145 e. The number of nitrogens with one attached hydrogen (secondary N) is 1. The van der Waals surface area contributed by atoms with Crippen LogP contribution < -0.4 is 5.32 Å². The molecular weight excluding hydrogens is 296 g/mol. The standard InChI is InChI=1S/C17H9ClN4/c18-16-4-1-13(2-5-16)14-3-6-17(15(7-14)10-21)22-11-12(8-19)9-20/h1-7,11,22H. The summed E-state index contributed by atoms with van der Waals surface area (Å²) in [5.74, 6) is 0. The second-order valence-electron chi connectivity index (χ2n) is 4.31. The maximum absolute atomic E-state index is 9.25. The molecule has 0 saturated carbocycles. The number of hydrogen-bond donors (Lipinski definition) is 1. The largest absolute Gasteiger partial charge is 0.359 e. The molecule has 0 atom stereocenters. The van der Waals surface area contributed by atoms with Crippen LogP contribution in [0.15, 0.2) is 54.2 Å². The molecule has 2 rings (SSSR count). The molecule has 0 aliphatic carbocycles. The van der Waals surface area contributed by atoms with Gasteiger partial charge in [0.15, 0.2) is 0 Å². The van der Waals surface area contributed by atoms with Gasteiger partial charge in [0.1, 0.15) is 23.8 Å². The molecule has 0 bridgehead atoms. The van der Waals surface area contributed by atoms with E-state index in [1.165, 1.54) is 6.20 Å². The van der Waals surface area contributed by atoms with Crippen LogP contribution in [0.3, 0.4) is 0 Å². The van der Waals surface area contributed by atoms with Crippen LogP contribution in [-0.2, 0) is 0 Å². The Kier molecular flexibility index (Phi) is 4.78. The third kappa shape index (κ3) is 3.44. The molecule has 22 heavy (non-hydrogen) atoms. The first-order valence-corrected chi connectivity index (χ1v) is 6.62. The SMILES string of the molecule is N#CC(C#N)=CNc1ccc(-c2ccc(Cl)cc2)cc1C#N. The van der Waals surface area contributed by atoms with E-state index in [1.54, 1.807) is 36.4 Å². The molecule has 0 heterocycles. The molecule has 2 aromatic rings. The van der Waals surface area contributed by atoms with Crippen LogP contribution in [0.1, 0.15) is 5.56 Å². The predicted octanol–water partition coefficient (Wildman–Crippen LogP) is 4.22. The Morgan fingerprint density at radius 2 is 1.59 bits per heavy atom. The van der Waals surface area contributed by atoms with Crippen molar-refractivity contribution in [1.29, 1.82) is 15.8 Å². The summed E-state index contributed by atoms with van der Waals surface area (Å²) in [5, 5.41) is 30.1. The highest BCUT2D eigenvalue weighted by Crippen LogP contribution is 2.26. The first-order chi connectivity index (χ1) is 10.7. The summed E-state index contributed by atoms with van der Waals surface area (Å²) in [6.07, 6.45) is 1.28. The van der Waals surface area contributed by atoms with Gasteiger partial charge in [-0.25, -0.2) is 0 Å². The lowest BCUT2D eigenvalue weighted by Gasteiger charge is -2.07. The van der Waals surface area contributed by atoms with Gasteiger partial charge in [0.2, 0.25) is 0 Å². The molecule has 0 radical (unpaired) electrons. The summed E-state index contributed by atoms with van der Waals surface area (Å²) in [4.78, 5) is 0. The van der Waals surface area contributed by atoms with Gasteiger partial charge in [0, 0.05) is 11.2 Å². The molecular formula is C17H9ClN4. The van der Waals surface area contributed by atoms with Crippen LogP contribution in [-0.4, -0.2) is 0 Å². The van der Waals surface area contributed by atoms with Gasteiger partial charge in [-0.1, -0.05) is 29.8 Å². The third-order valence-electron chi connectivity index (χ3n) is 2.93. The molecule has 0 aromatic heterocycles. The van der Waals surface area contributed by atoms with E-state index in [-0.39, 0.29) is 5.57 Å². The lowest BCUT2D eigenvalue weighted by atomic mass is 10.0. The van der Waals surface area contributed by atoms with Gasteiger partial charge in [-0.3, -0.25) is 0 Å². The predicted molar refractivity (Wildman–Crippen MR) is 84.5 cm³/mol. The van der Waals surface area contributed by atoms with Gasteiger partial charge in [-0.15, -0.1) is 0 Å². The molecule has 0 aliphatic rings. The Morgan fingerprint density at radius 3 is 2.18 bits per heavy atom. The quantitative estimate of drug-likeness (QED) is 0.860. The van der Waals surface area contributed by atoms with Crippen LogP contribution in [0, 0.1) is 34.0 Å². The van der Waals surface area contributed by atoms with E-state index in [4.69, 9.17) is 22.1 Å². The molecule has 0 spiro atoms. The second kappa shape index (κ2) is 6.95. The maximum Gasteiger partial charge on any atom is 0.145 e. The van der Waals surface area contributed by atoms with Crippen LogP contribution in [0.25, 0.3) is 11.1 Å². The van der Waals surface area contributed by atoms with Gasteiger partial charge in [-0.2, -0.15) is 15.8 Å². The lowest BCUT2D eigenvalue weighted by molar-refractivity contribution is 1.43. The fourth-order valence-electron chi connectivity index (χ4n) is 1.82. The third-order valence-corrected chi connectivity index (χ3v) is 3.18. The van der Waals surface area contributed by atoms with Gasteiger partial charge in [-0.05, 0) is 35.4 Å². The van der Waals surface area contributed by atoms with Crippen molar-refractivity contribution in [2.24, 2.45) is 0 Å². The van der Waals surface area contributed by atoms with Crippen LogP contribution in [0.5, 0.6) is 0 Å². The molecule has 4 nitrogen and oxygen atoms in total. The topological polar surface area (TPSA) is 83.4 Å². The van der Waals surface area contributed by atoms with Crippen molar-refractivity contribution in [3.05, 3.63) is 64.8 Å². The second-order valence-corrected chi connectivity index (χ2v) is 4.74. The fourth-order valence-corrected chi connectivity index (χ4v) is 1.95. The first-order valence-electron chi connectivity index (χ1n) is 6.25. The fraction of sp³-hybridized carbons (Fsp3) is 0. The average Bonchev–Trinajstić information content (AvgIpc) is 2.56. The normalized spacial score (nSPS) is 9.00. The van der Waals surface area contributed by atoms with Gasteiger partial charge < -0.3 is 5.32 Å². The molecule has 0 fully saturated rings. The Hall–Kier alpha value is -3.26. The molecule has 5 heteroatoms. The van der Waals surface area contributed by atoms with E-state index >= 15 is 0 Å². The number of rotatable bonds is 3. The molecule has 0 saturated heterocycles. The summed E-state index contributed by atoms with van der Waals surface area (Å²) in [7, 11) is 0. The first kappa shape index (κ1) is 15.1. The van der Waals surface area contributed by atoms with Crippen LogP contribution in [0.2, 0.25) is 5.02 Å². The highest BCUT2D eigenvalue weighted by Gasteiger charge is 2.05. The van der Waals surface area contributed by atoms with Crippen molar-refractivity contribution in [3.8, 4) is 29.3 Å². The summed E-state index contributed by atoms with van der Waals surface area (Å²) in [6, 6.07) is 18.2. The van der Waals surface area contributed by atoms with Gasteiger partial charge in [0.25, 0.3) is 0 Å². The van der Waals surface area contributed by atoms with Crippen molar-refractivity contribution < 1.29 is 0 Å². The van der Waals surface area contributed by atoms with Crippen molar-refractivity contribution in [1.82, 2.24) is 0 Å². The summed E-state index contributed by atoms with van der Waals surface area (Å²) >= 11 is 5.86. The van der Waals surface area contributed by atoms with Gasteiger partial charge in [0.05, 0.1) is 11.3 Å². The van der Waals surface area contributed by atoms with Crippen molar-refractivity contribution in [2.75, 3.05) is 5.32 Å². The van der Waals surface area contributed by atoms with E-state index in [9.17, 15) is 5.26 Å². The van der Waals surface area contributed by atoms with E-state index in [1.807, 2.05) is 18.2 Å². The molecule has 0 unspecified atom stereocenters.